The highest BCUT2D eigenvalue weighted by molar-refractivity contribution is 5.75. The number of benzene rings is 2. The van der Waals surface area contributed by atoms with Crippen LogP contribution in [0.15, 0.2) is 71.3 Å². The number of carbonyl (C=O) groups is 1. The van der Waals surface area contributed by atoms with Gasteiger partial charge in [-0.2, -0.15) is 0 Å². The second-order valence-corrected chi connectivity index (χ2v) is 8.33. The summed E-state index contributed by atoms with van der Waals surface area (Å²) in [5, 5.41) is 0. The van der Waals surface area contributed by atoms with Gasteiger partial charge in [0.15, 0.2) is 0 Å². The van der Waals surface area contributed by atoms with E-state index in [1.54, 1.807) is 6.26 Å². The van der Waals surface area contributed by atoms with Gasteiger partial charge in [-0.25, -0.2) is 0 Å². The Hall–Kier alpha value is -3.21. The Labute approximate surface area is 189 Å². The number of nitrogens with zero attached hydrogens (tertiary/aromatic N) is 1. The summed E-state index contributed by atoms with van der Waals surface area (Å²) >= 11 is 0. The third kappa shape index (κ3) is 5.52. The molecule has 1 heterocycles. The van der Waals surface area contributed by atoms with Gasteiger partial charge in [0.2, 0.25) is 0 Å². The van der Waals surface area contributed by atoms with Crippen LogP contribution in [0.25, 0.3) is 11.3 Å². The fraction of sp³-hybridized carbons (Fsp3) is 0.370. The van der Waals surface area contributed by atoms with Crippen molar-refractivity contribution in [3.8, 4) is 17.1 Å². The van der Waals surface area contributed by atoms with Crippen molar-refractivity contribution in [2.45, 2.75) is 32.7 Å². The lowest BCUT2D eigenvalue weighted by Gasteiger charge is -2.21. The zero-order valence-electron chi connectivity index (χ0n) is 18.8. The van der Waals surface area contributed by atoms with Crippen molar-refractivity contribution in [2.75, 3.05) is 25.2 Å². The molecular weight excluding hydrogens is 402 g/mol. The van der Waals surface area contributed by atoms with Crippen LogP contribution in [-0.2, 0) is 16.1 Å². The van der Waals surface area contributed by atoms with Crippen molar-refractivity contribution in [3.63, 3.8) is 0 Å². The zero-order valence-corrected chi connectivity index (χ0v) is 18.8. The maximum Gasteiger partial charge on any atom is 0.309 e. The number of furan rings is 1. The predicted molar refractivity (Wildman–Crippen MR) is 126 cm³/mol. The van der Waals surface area contributed by atoms with Crippen molar-refractivity contribution < 1.29 is 18.7 Å². The van der Waals surface area contributed by atoms with Crippen LogP contribution in [0.2, 0.25) is 0 Å². The number of rotatable bonds is 11. The Bertz CT molecular complexity index is 997. The van der Waals surface area contributed by atoms with E-state index in [0.29, 0.717) is 19.1 Å². The van der Waals surface area contributed by atoms with Gasteiger partial charge in [0.1, 0.15) is 11.5 Å². The molecule has 2 atom stereocenters. The fourth-order valence-corrected chi connectivity index (χ4v) is 4.08. The highest BCUT2D eigenvalue weighted by atomic mass is 16.5. The van der Waals surface area contributed by atoms with E-state index < -0.39 is 0 Å². The van der Waals surface area contributed by atoms with Crippen LogP contribution in [0, 0.1) is 11.8 Å². The maximum absolute atomic E-state index is 11.7. The summed E-state index contributed by atoms with van der Waals surface area (Å²) in [6.45, 7) is 3.73. The van der Waals surface area contributed by atoms with Crippen molar-refractivity contribution >= 4 is 11.7 Å². The number of hydrogen-bond acceptors (Lipinski definition) is 5. The van der Waals surface area contributed by atoms with Crippen LogP contribution >= 0.6 is 0 Å². The molecule has 3 aromatic rings. The molecule has 1 saturated carbocycles. The Morgan fingerprint density at radius 2 is 1.91 bits per heavy atom. The van der Waals surface area contributed by atoms with E-state index in [2.05, 4.69) is 42.3 Å². The summed E-state index contributed by atoms with van der Waals surface area (Å²) in [5.74, 6) is 2.32. The maximum atomic E-state index is 11.7. The molecule has 0 aliphatic heterocycles. The Morgan fingerprint density at radius 3 is 2.66 bits per heavy atom. The molecule has 2 aromatic carbocycles. The Kier molecular flexibility index (Phi) is 7.15. The molecule has 32 heavy (non-hydrogen) atoms. The standard InChI is InChI=1S/C27H31NO4/c1-3-30-27(29)24-18-21(24)9-6-16-32-26-10-5-4-8-22(26)19-28(2)23-14-12-20(13-15-23)25-11-7-17-31-25/h4-5,7-8,10-15,17,21,24H,3,6,9,16,18-19H2,1-2H3. The molecule has 0 saturated heterocycles. The normalized spacial score (nSPS) is 17.1. The third-order valence-corrected chi connectivity index (χ3v) is 5.98. The molecule has 0 bridgehead atoms. The van der Waals surface area contributed by atoms with E-state index in [-0.39, 0.29) is 11.9 Å². The van der Waals surface area contributed by atoms with Crippen molar-refractivity contribution in [1.82, 2.24) is 0 Å². The van der Waals surface area contributed by atoms with Crippen molar-refractivity contribution in [3.05, 3.63) is 72.5 Å². The first kappa shape index (κ1) is 22.0. The highest BCUT2D eigenvalue weighted by Crippen LogP contribution is 2.42. The first-order valence-corrected chi connectivity index (χ1v) is 11.4. The molecule has 168 valence electrons. The summed E-state index contributed by atoms with van der Waals surface area (Å²) in [7, 11) is 2.08. The van der Waals surface area contributed by atoms with E-state index in [4.69, 9.17) is 13.9 Å². The van der Waals surface area contributed by atoms with Gasteiger partial charge >= 0.3 is 5.97 Å². The van der Waals surface area contributed by atoms with Crippen LogP contribution in [0.1, 0.15) is 31.7 Å². The molecule has 5 heteroatoms. The van der Waals surface area contributed by atoms with Crippen LogP contribution in [-0.4, -0.2) is 26.2 Å². The lowest BCUT2D eigenvalue weighted by molar-refractivity contribution is -0.145. The van der Waals surface area contributed by atoms with E-state index in [1.165, 1.54) is 0 Å². The van der Waals surface area contributed by atoms with E-state index in [9.17, 15) is 4.79 Å². The van der Waals surface area contributed by atoms with Crippen LogP contribution in [0.5, 0.6) is 5.75 Å². The van der Waals surface area contributed by atoms with E-state index >= 15 is 0 Å². The largest absolute Gasteiger partial charge is 0.493 e. The molecule has 1 aliphatic carbocycles. The minimum Gasteiger partial charge on any atom is -0.493 e. The summed E-state index contributed by atoms with van der Waals surface area (Å²) in [5.41, 5.74) is 3.35. The molecule has 1 aliphatic rings. The molecule has 5 nitrogen and oxygen atoms in total. The van der Waals surface area contributed by atoms with Gasteiger partial charge in [0, 0.05) is 30.4 Å². The number of ether oxygens (including phenoxy) is 2. The van der Waals surface area contributed by atoms with Gasteiger partial charge in [-0.3, -0.25) is 4.79 Å². The first-order valence-electron chi connectivity index (χ1n) is 11.4. The number of esters is 1. The lowest BCUT2D eigenvalue weighted by atomic mass is 10.1. The molecule has 0 radical (unpaired) electrons. The Balaban J connectivity index is 1.27. The molecule has 1 aromatic heterocycles. The predicted octanol–water partition coefficient (Wildman–Crippen LogP) is 5.94. The summed E-state index contributed by atoms with van der Waals surface area (Å²) in [4.78, 5) is 14.0. The van der Waals surface area contributed by atoms with Gasteiger partial charge in [-0.1, -0.05) is 18.2 Å². The van der Waals surface area contributed by atoms with Gasteiger partial charge in [-0.15, -0.1) is 0 Å². The van der Waals surface area contributed by atoms with Gasteiger partial charge < -0.3 is 18.8 Å². The molecule has 0 N–H and O–H groups in total. The molecule has 0 spiro atoms. The van der Waals surface area contributed by atoms with E-state index in [0.717, 1.165) is 54.1 Å². The van der Waals surface area contributed by atoms with Crippen LogP contribution in [0.4, 0.5) is 5.69 Å². The van der Waals surface area contributed by atoms with Crippen LogP contribution < -0.4 is 9.64 Å². The highest BCUT2D eigenvalue weighted by Gasteiger charge is 2.43. The zero-order chi connectivity index (χ0) is 22.3. The smallest absolute Gasteiger partial charge is 0.309 e. The number of carbonyl (C=O) groups excluding carboxylic acids is 1. The lowest BCUT2D eigenvalue weighted by Crippen LogP contribution is -2.17. The van der Waals surface area contributed by atoms with Gasteiger partial charge in [0.05, 0.1) is 25.4 Å². The monoisotopic (exact) mass is 433 g/mol. The van der Waals surface area contributed by atoms with Gasteiger partial charge in [-0.05, 0) is 74.6 Å². The molecule has 4 rings (SSSR count). The second kappa shape index (κ2) is 10.4. The number of hydrogen-bond donors (Lipinski definition) is 0. The third-order valence-electron chi connectivity index (χ3n) is 5.98. The first-order chi connectivity index (χ1) is 15.7. The summed E-state index contributed by atoms with van der Waals surface area (Å²) in [6.07, 6.45) is 4.60. The molecule has 0 amide bonds. The SMILES string of the molecule is CCOC(=O)C1CC1CCCOc1ccccc1CN(C)c1ccc(-c2ccco2)cc1. The second-order valence-electron chi connectivity index (χ2n) is 8.33. The molecule has 1 fully saturated rings. The molecule has 2 unspecified atom stereocenters. The quantitative estimate of drug-likeness (QED) is 0.277. The number of anilines is 1. The summed E-state index contributed by atoms with van der Waals surface area (Å²) in [6, 6.07) is 20.4. The van der Waals surface area contributed by atoms with Crippen LogP contribution in [0.3, 0.4) is 0 Å². The average molecular weight is 434 g/mol. The minimum absolute atomic E-state index is 0.0380. The van der Waals surface area contributed by atoms with Gasteiger partial charge in [0.25, 0.3) is 0 Å². The summed E-state index contributed by atoms with van der Waals surface area (Å²) < 4.78 is 16.7. The topological polar surface area (TPSA) is 51.9 Å². The molecular formula is C27H31NO4. The minimum atomic E-state index is -0.0380. The average Bonchev–Trinajstić information content (AvgIpc) is 3.38. The number of para-hydroxylation sites is 1. The fourth-order valence-electron chi connectivity index (χ4n) is 4.08. The van der Waals surface area contributed by atoms with Crippen molar-refractivity contribution in [2.24, 2.45) is 11.8 Å². The van der Waals surface area contributed by atoms with Crippen molar-refractivity contribution in [1.29, 1.82) is 0 Å². The van der Waals surface area contributed by atoms with E-state index in [1.807, 2.05) is 37.3 Å². The Morgan fingerprint density at radius 1 is 1.09 bits per heavy atom.